The molecule has 3 heterocycles. The van der Waals surface area contributed by atoms with E-state index in [1.807, 2.05) is 6.20 Å². The number of hydrogen-bond donors (Lipinski definition) is 0. The molecule has 0 saturated heterocycles. The summed E-state index contributed by atoms with van der Waals surface area (Å²) in [5.41, 5.74) is 17.1. The zero-order valence-electron chi connectivity index (χ0n) is 35.6. The van der Waals surface area contributed by atoms with E-state index in [0.717, 1.165) is 45.1 Å². The third-order valence-electron chi connectivity index (χ3n) is 13.0. The van der Waals surface area contributed by atoms with Crippen LogP contribution in [0.2, 0.25) is 0 Å². The van der Waals surface area contributed by atoms with Crippen molar-refractivity contribution in [2.24, 2.45) is 0 Å². The summed E-state index contributed by atoms with van der Waals surface area (Å²) in [7, 11) is 0. The summed E-state index contributed by atoms with van der Waals surface area (Å²) in [6, 6.07) is 59.1. The van der Waals surface area contributed by atoms with Crippen molar-refractivity contribution in [3.05, 3.63) is 192 Å². The molecule has 0 spiro atoms. The first-order chi connectivity index (χ1) is 29.6. The van der Waals surface area contributed by atoms with Gasteiger partial charge >= 0.3 is 0 Å². The summed E-state index contributed by atoms with van der Waals surface area (Å²) in [4.78, 5) is 9.85. The van der Waals surface area contributed by atoms with Gasteiger partial charge in [-0.05, 0) is 100 Å². The highest BCUT2D eigenvalue weighted by atomic mass is 16.5. The quantitative estimate of drug-likeness (QED) is 0.168. The van der Waals surface area contributed by atoms with Gasteiger partial charge in [0.25, 0.3) is 0 Å². The van der Waals surface area contributed by atoms with Gasteiger partial charge in [0.05, 0.1) is 28.1 Å². The minimum Gasteiger partial charge on any atom is -0.457 e. The number of fused-ring (bicyclic) bond motifs is 7. The Morgan fingerprint density at radius 2 is 1.28 bits per heavy atom. The summed E-state index contributed by atoms with van der Waals surface area (Å²) in [6.45, 7) is 14.3. The normalized spacial score (nSPS) is 14.1. The molecular weight excluding hydrogens is 745 g/mol. The molecule has 0 radical (unpaired) electrons. The monoisotopic (exact) mass is 792 g/mol. The van der Waals surface area contributed by atoms with E-state index < -0.39 is 0 Å². The molecule has 9 aromatic rings. The van der Waals surface area contributed by atoms with Gasteiger partial charge in [-0.25, -0.2) is 4.98 Å². The summed E-state index contributed by atoms with van der Waals surface area (Å²) >= 11 is 0. The first-order valence-electron chi connectivity index (χ1n) is 21.3. The number of pyridine rings is 1. The van der Waals surface area contributed by atoms with Crippen LogP contribution in [-0.4, -0.2) is 16.2 Å². The molecule has 11 rings (SSSR count). The average Bonchev–Trinajstić information content (AvgIpc) is 3.89. The molecule has 298 valence electrons. The van der Waals surface area contributed by atoms with Gasteiger partial charge in [0.15, 0.2) is 0 Å². The van der Waals surface area contributed by atoms with E-state index in [-0.39, 0.29) is 10.8 Å². The van der Waals surface area contributed by atoms with Crippen molar-refractivity contribution in [1.82, 2.24) is 9.55 Å². The van der Waals surface area contributed by atoms with Crippen molar-refractivity contribution < 1.29 is 4.74 Å². The van der Waals surface area contributed by atoms with Crippen molar-refractivity contribution in [3.8, 4) is 39.6 Å². The molecule has 2 aromatic heterocycles. The lowest BCUT2D eigenvalue weighted by molar-refractivity contribution is 0.483. The molecule has 0 unspecified atom stereocenters. The fraction of sp³-hybridized carbons (Fsp3) is 0.161. The van der Waals surface area contributed by atoms with E-state index in [2.05, 4.69) is 220 Å². The van der Waals surface area contributed by atoms with E-state index in [1.165, 1.54) is 61.3 Å². The number of para-hydroxylation sites is 3. The number of nitrogens with zero attached hydrogens (tertiary/aromatic N) is 4. The molecule has 0 saturated carbocycles. The zero-order valence-corrected chi connectivity index (χ0v) is 35.6. The molecular formula is C56H48N4O. The van der Waals surface area contributed by atoms with Crippen LogP contribution in [0.25, 0.3) is 49.9 Å². The summed E-state index contributed by atoms with van der Waals surface area (Å²) in [5.74, 6) is 2.45. The molecule has 0 bridgehead atoms. The Morgan fingerprint density at radius 3 is 2.10 bits per heavy atom. The van der Waals surface area contributed by atoms with Gasteiger partial charge in [-0.15, -0.1) is 0 Å². The van der Waals surface area contributed by atoms with Crippen LogP contribution in [-0.2, 0) is 10.8 Å². The molecule has 0 amide bonds. The Labute approximate surface area is 358 Å². The van der Waals surface area contributed by atoms with Gasteiger partial charge in [0.1, 0.15) is 24.0 Å². The molecule has 2 aliphatic rings. The maximum atomic E-state index is 6.79. The van der Waals surface area contributed by atoms with Crippen LogP contribution >= 0.6 is 0 Å². The third-order valence-corrected chi connectivity index (χ3v) is 13.0. The highest BCUT2D eigenvalue weighted by molar-refractivity contribution is 6.09. The number of rotatable bonds is 6. The number of aromatic nitrogens is 2. The number of anilines is 4. The minimum absolute atomic E-state index is 0.00465. The largest absolute Gasteiger partial charge is 0.457 e. The van der Waals surface area contributed by atoms with Crippen LogP contribution in [0.4, 0.5) is 22.7 Å². The standard InChI is InChI=1S/C56H48N4O/c1-36-16-7-8-19-41(36)44-28-29-47-53(45-21-9-11-22-46(45)56(47,5)6)54(44)59-35-58(49-24-13-14-25-50(49)59)38-17-15-18-39(33-38)61-40-26-27-43-42-20-10-12-23-48(42)60(51(43)34-40)52-32-37(30-31-57-52)55(2,3)4/h7-34H,35H2,1-6H3. The number of hydrogen-bond acceptors (Lipinski definition) is 4. The van der Waals surface area contributed by atoms with Gasteiger partial charge in [0.2, 0.25) is 0 Å². The molecule has 5 nitrogen and oxygen atoms in total. The van der Waals surface area contributed by atoms with Crippen LogP contribution in [0, 0.1) is 6.92 Å². The number of aryl methyl sites for hydroxylation is 1. The Bertz CT molecular complexity index is 3200. The predicted octanol–water partition coefficient (Wildman–Crippen LogP) is 14.8. The summed E-state index contributed by atoms with van der Waals surface area (Å²) in [6.07, 6.45) is 1.92. The highest BCUT2D eigenvalue weighted by Gasteiger charge is 2.40. The lowest BCUT2D eigenvalue weighted by Crippen LogP contribution is -2.25. The van der Waals surface area contributed by atoms with Crippen LogP contribution in [0.1, 0.15) is 56.9 Å². The van der Waals surface area contributed by atoms with Crippen LogP contribution in [0.15, 0.2) is 170 Å². The lowest BCUT2D eigenvalue weighted by atomic mass is 9.81. The zero-order chi connectivity index (χ0) is 41.6. The second kappa shape index (κ2) is 13.7. The molecule has 0 atom stereocenters. The first kappa shape index (κ1) is 36.9. The third kappa shape index (κ3) is 5.86. The fourth-order valence-corrected chi connectivity index (χ4v) is 9.89. The van der Waals surface area contributed by atoms with E-state index in [0.29, 0.717) is 6.67 Å². The maximum Gasteiger partial charge on any atom is 0.137 e. The van der Waals surface area contributed by atoms with Gasteiger partial charge in [-0.2, -0.15) is 0 Å². The SMILES string of the molecule is Cc1ccccc1-c1ccc2c(c1N1CN(c3cccc(Oc4ccc5c6ccccc6n(-c6cc(C(C)(C)C)ccn6)c5c4)c3)c3ccccc31)-c1ccccc1C2(C)C. The number of ether oxygens (including phenoxy) is 1. The topological polar surface area (TPSA) is 33.5 Å². The fourth-order valence-electron chi connectivity index (χ4n) is 9.89. The van der Waals surface area contributed by atoms with Crippen molar-refractivity contribution in [1.29, 1.82) is 0 Å². The molecule has 5 heteroatoms. The van der Waals surface area contributed by atoms with Crippen molar-refractivity contribution in [2.75, 3.05) is 16.5 Å². The van der Waals surface area contributed by atoms with E-state index in [1.54, 1.807) is 0 Å². The predicted molar refractivity (Wildman–Crippen MR) is 254 cm³/mol. The van der Waals surface area contributed by atoms with Crippen molar-refractivity contribution in [3.63, 3.8) is 0 Å². The molecule has 7 aromatic carbocycles. The maximum absolute atomic E-state index is 6.79. The minimum atomic E-state index is -0.125. The number of benzene rings is 7. The smallest absolute Gasteiger partial charge is 0.137 e. The van der Waals surface area contributed by atoms with Crippen molar-refractivity contribution >= 4 is 44.6 Å². The Kier molecular flexibility index (Phi) is 8.30. The second-order valence-corrected chi connectivity index (χ2v) is 18.1. The Hall–Kier alpha value is -7.11. The van der Waals surface area contributed by atoms with E-state index in [4.69, 9.17) is 9.72 Å². The van der Waals surface area contributed by atoms with Gasteiger partial charge < -0.3 is 14.5 Å². The van der Waals surface area contributed by atoms with E-state index in [9.17, 15) is 0 Å². The molecule has 1 aliphatic heterocycles. The molecule has 1 aliphatic carbocycles. The molecule has 0 N–H and O–H groups in total. The Balaban J connectivity index is 1.00. The second-order valence-electron chi connectivity index (χ2n) is 18.1. The van der Waals surface area contributed by atoms with E-state index >= 15 is 0 Å². The van der Waals surface area contributed by atoms with Crippen LogP contribution in [0.5, 0.6) is 11.5 Å². The Morgan fingerprint density at radius 1 is 0.574 bits per heavy atom. The van der Waals surface area contributed by atoms with Gasteiger partial charge in [-0.1, -0.05) is 132 Å². The van der Waals surface area contributed by atoms with Gasteiger partial charge in [0, 0.05) is 51.3 Å². The van der Waals surface area contributed by atoms with Crippen LogP contribution < -0.4 is 14.5 Å². The van der Waals surface area contributed by atoms with Crippen molar-refractivity contribution in [2.45, 2.75) is 52.4 Å². The first-order valence-corrected chi connectivity index (χ1v) is 21.3. The average molecular weight is 793 g/mol. The van der Waals surface area contributed by atoms with Gasteiger partial charge in [-0.3, -0.25) is 4.57 Å². The highest BCUT2D eigenvalue weighted by Crippen LogP contribution is 2.58. The lowest BCUT2D eigenvalue weighted by Gasteiger charge is -2.29. The summed E-state index contributed by atoms with van der Waals surface area (Å²) in [5, 5.41) is 2.35. The molecule has 0 fully saturated rings. The van der Waals surface area contributed by atoms with Crippen LogP contribution in [0.3, 0.4) is 0 Å². The summed E-state index contributed by atoms with van der Waals surface area (Å²) < 4.78 is 9.06. The molecule has 61 heavy (non-hydrogen) atoms.